The van der Waals surface area contributed by atoms with Crippen LogP contribution in [0.15, 0.2) is 23.3 Å². The maximum absolute atomic E-state index is 13.6. The number of alkyl halides is 3. The highest BCUT2D eigenvalue weighted by atomic mass is 35.5. The van der Waals surface area contributed by atoms with Gasteiger partial charge in [-0.15, -0.1) is 0 Å². The van der Waals surface area contributed by atoms with E-state index >= 15 is 0 Å². The van der Waals surface area contributed by atoms with Crippen molar-refractivity contribution in [3.63, 3.8) is 0 Å². The lowest BCUT2D eigenvalue weighted by Crippen LogP contribution is -2.69. The molecule has 3 rings (SSSR count). The first-order chi connectivity index (χ1) is 15.0. The van der Waals surface area contributed by atoms with E-state index in [0.29, 0.717) is 42.0 Å². The lowest BCUT2D eigenvalue weighted by molar-refractivity contribution is -0.173. The van der Waals surface area contributed by atoms with Crippen LogP contribution in [0.2, 0.25) is 0 Å². The summed E-state index contributed by atoms with van der Waals surface area (Å²) in [5.41, 5.74) is 0. The minimum atomic E-state index is -4.68. The molecule has 0 bridgehead atoms. The van der Waals surface area contributed by atoms with Crippen LogP contribution >= 0.6 is 11.6 Å². The molecule has 5 atom stereocenters. The molecule has 0 aromatic heterocycles. The third-order valence-electron chi connectivity index (χ3n) is 6.89. The summed E-state index contributed by atoms with van der Waals surface area (Å²) in [7, 11) is 0. The first-order valence-corrected chi connectivity index (χ1v) is 11.4. The third-order valence-corrected chi connectivity index (χ3v) is 7.29. The predicted molar refractivity (Wildman–Crippen MR) is 112 cm³/mol. The number of carbonyl (C=O) groups is 3. The summed E-state index contributed by atoms with van der Waals surface area (Å²) < 4.78 is 40.9. The number of nitrogens with zero attached hydrogens (tertiary/aromatic N) is 1. The molecular weight excluding hydrogens is 449 g/mol. The number of imide groups is 1. The van der Waals surface area contributed by atoms with Gasteiger partial charge in [0.05, 0.1) is 5.92 Å². The van der Waals surface area contributed by atoms with Gasteiger partial charge in [-0.1, -0.05) is 49.9 Å². The monoisotopic (exact) mass is 476 g/mol. The number of nitrogens with one attached hydrogen (secondary N) is 1. The molecule has 0 spiro atoms. The van der Waals surface area contributed by atoms with Crippen LogP contribution < -0.4 is 5.32 Å². The maximum Gasteiger partial charge on any atom is 0.408 e. The van der Waals surface area contributed by atoms with E-state index in [1.807, 2.05) is 24.4 Å². The maximum atomic E-state index is 13.6. The molecule has 5 unspecified atom stereocenters. The fraction of sp³-hybridized carbons (Fsp3) is 0.682. The summed E-state index contributed by atoms with van der Waals surface area (Å²) in [5, 5.41) is 12.1. The lowest BCUT2D eigenvalue weighted by atomic mass is 9.78. The highest BCUT2D eigenvalue weighted by molar-refractivity contribution is 6.30. The lowest BCUT2D eigenvalue weighted by Gasteiger charge is -2.44. The fourth-order valence-electron chi connectivity index (χ4n) is 5.07. The van der Waals surface area contributed by atoms with Gasteiger partial charge in [0.15, 0.2) is 6.04 Å². The van der Waals surface area contributed by atoms with Crippen LogP contribution in [0.3, 0.4) is 0 Å². The van der Waals surface area contributed by atoms with Gasteiger partial charge in [0, 0.05) is 11.0 Å². The van der Waals surface area contributed by atoms with Crippen LogP contribution in [0, 0.1) is 23.7 Å². The number of carbonyl (C=O) groups excluding carboxylic acids is 2. The van der Waals surface area contributed by atoms with E-state index in [9.17, 15) is 32.7 Å². The number of β-lactam (4-membered cyclic amide) rings is 1. The second kappa shape index (κ2) is 9.85. The van der Waals surface area contributed by atoms with Crippen molar-refractivity contribution in [1.29, 1.82) is 0 Å². The number of halogens is 4. The second-order valence-electron chi connectivity index (χ2n) is 8.94. The number of aliphatic carboxylic acids is 1. The minimum Gasteiger partial charge on any atom is -0.480 e. The molecular formula is C22H28ClF3N2O4. The quantitative estimate of drug-likeness (QED) is 0.537. The highest BCUT2D eigenvalue weighted by Crippen LogP contribution is 2.39. The topological polar surface area (TPSA) is 86.7 Å². The number of carboxylic acids is 1. The molecule has 0 aromatic carbocycles. The van der Waals surface area contributed by atoms with E-state index in [1.165, 1.54) is 0 Å². The Labute approximate surface area is 189 Å². The number of hydrogen-bond donors (Lipinski definition) is 2. The molecule has 32 heavy (non-hydrogen) atoms. The average Bonchev–Trinajstić information content (AvgIpc) is 2.71. The van der Waals surface area contributed by atoms with Gasteiger partial charge in [0.1, 0.15) is 6.04 Å². The highest BCUT2D eigenvalue weighted by Gasteiger charge is 2.56. The molecule has 3 amide bonds. The molecule has 1 saturated heterocycles. The van der Waals surface area contributed by atoms with Crippen molar-refractivity contribution in [3.05, 3.63) is 23.3 Å². The van der Waals surface area contributed by atoms with E-state index < -0.39 is 48.0 Å². The van der Waals surface area contributed by atoms with Crippen molar-refractivity contribution in [2.24, 2.45) is 23.7 Å². The van der Waals surface area contributed by atoms with E-state index in [2.05, 4.69) is 0 Å². The smallest absolute Gasteiger partial charge is 0.408 e. The van der Waals surface area contributed by atoms with E-state index in [1.54, 1.807) is 6.08 Å². The van der Waals surface area contributed by atoms with E-state index in [4.69, 9.17) is 11.6 Å². The molecule has 3 aliphatic rings. The Hall–Kier alpha value is -2.03. The van der Waals surface area contributed by atoms with Crippen molar-refractivity contribution >= 4 is 29.5 Å². The Morgan fingerprint density at radius 1 is 1.22 bits per heavy atom. The van der Waals surface area contributed by atoms with Crippen LogP contribution in [0.1, 0.15) is 51.9 Å². The predicted octanol–water partition coefficient (Wildman–Crippen LogP) is 4.84. The van der Waals surface area contributed by atoms with Crippen LogP contribution in [-0.4, -0.2) is 46.2 Å². The largest absolute Gasteiger partial charge is 0.480 e. The Bertz CT molecular complexity index is 807. The molecule has 178 valence electrons. The van der Waals surface area contributed by atoms with Gasteiger partial charge in [-0.25, -0.2) is 14.5 Å². The van der Waals surface area contributed by atoms with Crippen molar-refractivity contribution < 1.29 is 32.7 Å². The Morgan fingerprint density at radius 3 is 2.41 bits per heavy atom. The third kappa shape index (κ3) is 5.13. The summed E-state index contributed by atoms with van der Waals surface area (Å²) in [4.78, 5) is 37.4. The zero-order valence-corrected chi connectivity index (χ0v) is 18.5. The van der Waals surface area contributed by atoms with Crippen molar-refractivity contribution in [3.8, 4) is 0 Å². The van der Waals surface area contributed by atoms with Gasteiger partial charge in [-0.05, 0) is 43.6 Å². The zero-order chi connectivity index (χ0) is 23.6. The number of hydrogen-bond acceptors (Lipinski definition) is 3. The van der Waals surface area contributed by atoms with Gasteiger partial charge in [0.2, 0.25) is 5.91 Å². The first kappa shape index (κ1) is 24.6. The minimum absolute atomic E-state index is 0.0762. The normalized spacial score (nSPS) is 29.8. The van der Waals surface area contributed by atoms with E-state index in [-0.39, 0.29) is 18.3 Å². The summed E-state index contributed by atoms with van der Waals surface area (Å²) in [5.74, 6) is -3.90. The Balaban J connectivity index is 1.67. The van der Waals surface area contributed by atoms with Crippen LogP contribution in [0.5, 0.6) is 0 Å². The summed E-state index contributed by atoms with van der Waals surface area (Å²) in [6.45, 7) is 1.95. The molecule has 2 fully saturated rings. The van der Waals surface area contributed by atoms with Crippen molar-refractivity contribution in [1.82, 2.24) is 10.2 Å². The SMILES string of the molecule is CC1C=CC=C(Cl)C1CCC1C(=O)N(C(=O)NC(C2CCCCC2)C(F)(F)F)C1C(=O)O. The molecule has 1 aliphatic heterocycles. The molecule has 1 heterocycles. The molecule has 6 nitrogen and oxygen atoms in total. The van der Waals surface area contributed by atoms with Gasteiger partial charge >= 0.3 is 18.2 Å². The summed E-state index contributed by atoms with van der Waals surface area (Å²) >= 11 is 6.24. The van der Waals surface area contributed by atoms with Gasteiger partial charge in [0.25, 0.3) is 0 Å². The summed E-state index contributed by atoms with van der Waals surface area (Å²) in [6.07, 6.45) is 4.23. The van der Waals surface area contributed by atoms with Crippen LogP contribution in [0.4, 0.5) is 18.0 Å². The molecule has 0 radical (unpaired) electrons. The fourth-order valence-corrected chi connectivity index (χ4v) is 5.45. The molecule has 10 heteroatoms. The number of amides is 3. The molecule has 2 N–H and O–H groups in total. The molecule has 2 aliphatic carbocycles. The molecule has 1 saturated carbocycles. The standard InChI is InChI=1S/C22H28ClF3N2O4/c1-12-6-5-9-16(23)14(12)10-11-15-17(20(30)31)28(19(15)29)21(32)27-18(22(24,25)26)13-7-3-2-4-8-13/h5-6,9,12-15,17-18H,2-4,7-8,10-11H2,1H3,(H,27,32)(H,30,31). The first-order valence-electron chi connectivity index (χ1n) is 11.0. The number of urea groups is 1. The van der Waals surface area contributed by atoms with Crippen LogP contribution in [0.25, 0.3) is 0 Å². The molecule has 0 aromatic rings. The van der Waals surface area contributed by atoms with Gasteiger partial charge in [-0.3, -0.25) is 4.79 Å². The van der Waals surface area contributed by atoms with Crippen LogP contribution in [-0.2, 0) is 9.59 Å². The van der Waals surface area contributed by atoms with E-state index in [0.717, 1.165) is 6.42 Å². The Kier molecular flexibility index (Phi) is 7.57. The summed E-state index contributed by atoms with van der Waals surface area (Å²) in [6, 6.07) is -4.88. The number of allylic oxidation sites excluding steroid dienone is 4. The average molecular weight is 477 g/mol. The Morgan fingerprint density at radius 2 is 1.84 bits per heavy atom. The van der Waals surface area contributed by atoms with Crippen molar-refractivity contribution in [2.45, 2.75) is 70.1 Å². The number of carboxylic acid groups (broad SMARTS) is 1. The second-order valence-corrected chi connectivity index (χ2v) is 9.38. The van der Waals surface area contributed by atoms with Gasteiger partial charge in [-0.2, -0.15) is 13.2 Å². The zero-order valence-electron chi connectivity index (χ0n) is 17.8. The number of likely N-dealkylation sites (tertiary alicyclic amines) is 1. The van der Waals surface area contributed by atoms with Crippen molar-refractivity contribution in [2.75, 3.05) is 0 Å². The number of rotatable bonds is 6. The van der Waals surface area contributed by atoms with Gasteiger partial charge < -0.3 is 10.4 Å².